The maximum atomic E-state index is 13.1. The average molecular weight is 508 g/mol. The van der Waals surface area contributed by atoms with Crippen molar-refractivity contribution < 1.29 is 9.53 Å². The van der Waals surface area contributed by atoms with Crippen molar-refractivity contribution >= 4 is 28.3 Å². The number of methoxy groups -OCH3 is 1. The SMILES string of the molecule is COc1ccc(N2CCN(C(=O)CCN(CC(C)C)c3nc(Cc4ccc(C)cc4)ns3)CC2)cc1. The molecule has 7 nitrogen and oxygen atoms in total. The molecular formula is C28H37N5O2S. The number of carbonyl (C=O) groups excluding carboxylic acids is 1. The van der Waals surface area contributed by atoms with Gasteiger partial charge in [-0.2, -0.15) is 4.37 Å². The Morgan fingerprint density at radius 3 is 2.39 bits per heavy atom. The standard InChI is InChI=1S/C28H37N5O2S/c1-21(2)20-33(28-29-26(30-36-28)19-23-7-5-22(3)6-8-23)14-13-27(34)32-17-15-31(16-18-32)24-9-11-25(35-4)12-10-24/h5-12,21H,13-20H2,1-4H3. The van der Waals surface area contributed by atoms with E-state index in [0.29, 0.717) is 18.9 Å². The highest BCUT2D eigenvalue weighted by atomic mass is 32.1. The molecule has 2 aromatic carbocycles. The van der Waals surface area contributed by atoms with Crippen molar-refractivity contribution in [2.24, 2.45) is 5.92 Å². The van der Waals surface area contributed by atoms with Gasteiger partial charge in [-0.25, -0.2) is 4.98 Å². The fourth-order valence-corrected chi connectivity index (χ4v) is 5.15. The van der Waals surface area contributed by atoms with E-state index in [1.807, 2.05) is 17.0 Å². The summed E-state index contributed by atoms with van der Waals surface area (Å²) in [6.07, 6.45) is 1.21. The lowest BCUT2D eigenvalue weighted by atomic mass is 10.1. The molecule has 36 heavy (non-hydrogen) atoms. The van der Waals surface area contributed by atoms with Gasteiger partial charge in [-0.3, -0.25) is 4.79 Å². The molecule has 1 amide bonds. The van der Waals surface area contributed by atoms with Gasteiger partial charge in [0.2, 0.25) is 11.0 Å². The van der Waals surface area contributed by atoms with Gasteiger partial charge in [0.25, 0.3) is 0 Å². The summed E-state index contributed by atoms with van der Waals surface area (Å²) in [5.41, 5.74) is 3.63. The predicted octanol–water partition coefficient (Wildman–Crippen LogP) is 4.65. The molecule has 1 fully saturated rings. The number of amides is 1. The largest absolute Gasteiger partial charge is 0.497 e. The molecule has 0 bridgehead atoms. The third-order valence-electron chi connectivity index (χ3n) is 6.46. The number of nitrogens with zero attached hydrogens (tertiary/aromatic N) is 5. The molecule has 0 atom stereocenters. The Bertz CT molecular complexity index is 1110. The summed E-state index contributed by atoms with van der Waals surface area (Å²) in [4.78, 5) is 24.4. The minimum Gasteiger partial charge on any atom is -0.497 e. The predicted molar refractivity (Wildman–Crippen MR) is 147 cm³/mol. The topological polar surface area (TPSA) is 61.8 Å². The van der Waals surface area contributed by atoms with E-state index in [-0.39, 0.29) is 5.91 Å². The highest BCUT2D eigenvalue weighted by Crippen LogP contribution is 2.23. The fourth-order valence-electron chi connectivity index (χ4n) is 4.44. The van der Waals surface area contributed by atoms with Crippen LogP contribution in [0.25, 0.3) is 0 Å². The van der Waals surface area contributed by atoms with Gasteiger partial charge in [0, 0.05) is 69.3 Å². The van der Waals surface area contributed by atoms with E-state index in [4.69, 9.17) is 9.72 Å². The zero-order valence-corrected chi connectivity index (χ0v) is 22.6. The Hall–Kier alpha value is -3.13. The van der Waals surface area contributed by atoms with Crippen LogP contribution in [-0.4, -0.2) is 66.5 Å². The first-order chi connectivity index (χ1) is 17.4. The molecule has 3 aromatic rings. The number of benzene rings is 2. The van der Waals surface area contributed by atoms with Gasteiger partial charge in [0.15, 0.2) is 0 Å². The van der Waals surface area contributed by atoms with Crippen LogP contribution in [0.5, 0.6) is 5.75 Å². The molecule has 1 saturated heterocycles. The molecule has 2 heterocycles. The second kappa shape index (κ2) is 12.2. The van der Waals surface area contributed by atoms with Crippen LogP contribution in [0.2, 0.25) is 0 Å². The minimum absolute atomic E-state index is 0.211. The van der Waals surface area contributed by atoms with Crippen LogP contribution in [0.1, 0.15) is 37.2 Å². The van der Waals surface area contributed by atoms with E-state index < -0.39 is 0 Å². The van der Waals surface area contributed by atoms with Crippen LogP contribution in [-0.2, 0) is 11.2 Å². The number of anilines is 2. The highest BCUT2D eigenvalue weighted by molar-refractivity contribution is 7.09. The zero-order chi connectivity index (χ0) is 25.5. The second-order valence-electron chi connectivity index (χ2n) is 9.81. The number of aryl methyl sites for hydroxylation is 1. The number of rotatable bonds is 10. The lowest BCUT2D eigenvalue weighted by molar-refractivity contribution is -0.131. The van der Waals surface area contributed by atoms with Crippen LogP contribution < -0.4 is 14.5 Å². The van der Waals surface area contributed by atoms with Gasteiger partial charge < -0.3 is 19.4 Å². The van der Waals surface area contributed by atoms with Gasteiger partial charge in [0.1, 0.15) is 11.6 Å². The molecule has 4 rings (SSSR count). The molecule has 192 valence electrons. The van der Waals surface area contributed by atoms with Crippen LogP contribution >= 0.6 is 11.5 Å². The van der Waals surface area contributed by atoms with Crippen molar-refractivity contribution in [3.63, 3.8) is 0 Å². The molecule has 0 unspecified atom stereocenters. The fraction of sp³-hybridized carbons (Fsp3) is 0.464. The van der Waals surface area contributed by atoms with E-state index in [1.165, 1.54) is 28.3 Å². The monoisotopic (exact) mass is 507 g/mol. The zero-order valence-electron chi connectivity index (χ0n) is 21.8. The summed E-state index contributed by atoms with van der Waals surface area (Å²) in [5, 5.41) is 0.905. The number of hydrogen-bond donors (Lipinski definition) is 0. The van der Waals surface area contributed by atoms with Crippen molar-refractivity contribution in [3.05, 3.63) is 65.5 Å². The molecule has 1 aromatic heterocycles. The molecule has 0 saturated carbocycles. The van der Waals surface area contributed by atoms with Crippen LogP contribution in [0.15, 0.2) is 48.5 Å². The van der Waals surface area contributed by atoms with Gasteiger partial charge in [-0.15, -0.1) is 0 Å². The van der Waals surface area contributed by atoms with Crippen molar-refractivity contribution in [2.75, 3.05) is 56.2 Å². The van der Waals surface area contributed by atoms with Gasteiger partial charge in [0.05, 0.1) is 7.11 Å². The summed E-state index contributed by atoms with van der Waals surface area (Å²) in [6, 6.07) is 16.6. The molecule has 0 spiro atoms. The number of aromatic nitrogens is 2. The van der Waals surface area contributed by atoms with Crippen molar-refractivity contribution in [1.82, 2.24) is 14.3 Å². The first kappa shape index (κ1) is 25.9. The van der Waals surface area contributed by atoms with Crippen LogP contribution in [0, 0.1) is 12.8 Å². The normalized spacial score (nSPS) is 13.8. The van der Waals surface area contributed by atoms with Gasteiger partial charge in [-0.05, 0) is 42.7 Å². The van der Waals surface area contributed by atoms with Crippen LogP contribution in [0.3, 0.4) is 0 Å². The number of ether oxygens (including phenoxy) is 1. The van der Waals surface area contributed by atoms with Gasteiger partial charge >= 0.3 is 0 Å². The summed E-state index contributed by atoms with van der Waals surface area (Å²) < 4.78 is 9.86. The molecule has 8 heteroatoms. The number of carbonyl (C=O) groups is 1. The van der Waals surface area contributed by atoms with Crippen molar-refractivity contribution in [1.29, 1.82) is 0 Å². The Labute approximate surface area is 218 Å². The smallest absolute Gasteiger partial charge is 0.224 e. The Morgan fingerprint density at radius 2 is 1.75 bits per heavy atom. The van der Waals surface area contributed by atoms with Crippen molar-refractivity contribution in [3.8, 4) is 5.75 Å². The number of hydrogen-bond acceptors (Lipinski definition) is 7. The quantitative estimate of drug-likeness (QED) is 0.398. The Kier molecular flexibility index (Phi) is 8.80. The van der Waals surface area contributed by atoms with Gasteiger partial charge in [-0.1, -0.05) is 43.7 Å². The third kappa shape index (κ3) is 6.97. The molecule has 0 radical (unpaired) electrons. The maximum absolute atomic E-state index is 13.1. The van der Waals surface area contributed by atoms with E-state index in [2.05, 4.69) is 71.3 Å². The first-order valence-corrected chi connectivity index (χ1v) is 13.5. The van der Waals surface area contributed by atoms with Crippen LogP contribution in [0.4, 0.5) is 10.8 Å². The van der Waals surface area contributed by atoms with E-state index in [1.54, 1.807) is 7.11 Å². The van der Waals surface area contributed by atoms with E-state index in [9.17, 15) is 4.79 Å². The second-order valence-corrected chi connectivity index (χ2v) is 10.5. The Balaban J connectivity index is 1.30. The van der Waals surface area contributed by atoms with Crippen molar-refractivity contribution in [2.45, 2.75) is 33.6 Å². The first-order valence-electron chi connectivity index (χ1n) is 12.7. The third-order valence-corrected chi connectivity index (χ3v) is 7.28. The molecule has 0 N–H and O–H groups in total. The minimum atomic E-state index is 0.211. The summed E-state index contributed by atoms with van der Waals surface area (Å²) in [6.45, 7) is 11.2. The maximum Gasteiger partial charge on any atom is 0.224 e. The molecule has 0 aliphatic carbocycles. The average Bonchev–Trinajstić information content (AvgIpc) is 3.36. The lowest BCUT2D eigenvalue weighted by Gasteiger charge is -2.36. The highest BCUT2D eigenvalue weighted by Gasteiger charge is 2.23. The summed E-state index contributed by atoms with van der Waals surface area (Å²) >= 11 is 1.43. The Morgan fingerprint density at radius 1 is 1.06 bits per heavy atom. The molecular weight excluding hydrogens is 470 g/mol. The summed E-state index contributed by atoms with van der Waals surface area (Å²) in [7, 11) is 1.68. The van der Waals surface area contributed by atoms with E-state index in [0.717, 1.165) is 55.9 Å². The lowest BCUT2D eigenvalue weighted by Crippen LogP contribution is -2.49. The molecule has 1 aliphatic rings. The number of piperazine rings is 1. The molecule has 1 aliphatic heterocycles. The van der Waals surface area contributed by atoms with E-state index >= 15 is 0 Å². The summed E-state index contributed by atoms with van der Waals surface area (Å²) in [5.74, 6) is 2.38.